The highest BCUT2D eigenvalue weighted by Crippen LogP contribution is 2.21. The van der Waals surface area contributed by atoms with Crippen LogP contribution in [0.15, 0.2) is 46.9 Å². The largest absolute Gasteiger partial charge is 0.435 e. The molecule has 0 spiro atoms. The fourth-order valence-electron chi connectivity index (χ4n) is 1.79. The summed E-state index contributed by atoms with van der Waals surface area (Å²) < 4.78 is 29.4. The van der Waals surface area contributed by atoms with Gasteiger partial charge in [-0.25, -0.2) is 0 Å². The van der Waals surface area contributed by atoms with Crippen LogP contribution in [0.3, 0.4) is 0 Å². The number of aryl methyl sites for hydroxylation is 1. The Morgan fingerprint density at radius 1 is 1.24 bits per heavy atom. The molecule has 0 saturated heterocycles. The molecule has 1 amide bonds. The monoisotopic (exact) mass is 355 g/mol. The molecule has 0 heterocycles. The zero-order valence-corrected chi connectivity index (χ0v) is 12.7. The maximum Gasteiger partial charge on any atom is 0.387 e. The molecule has 3 nitrogen and oxygen atoms in total. The minimum absolute atomic E-state index is 0.00577. The summed E-state index contributed by atoms with van der Waals surface area (Å²) in [6.07, 6.45) is 0. The highest BCUT2D eigenvalue weighted by molar-refractivity contribution is 9.10. The summed E-state index contributed by atoms with van der Waals surface area (Å²) in [7, 11) is 0. The Labute approximate surface area is 129 Å². The molecule has 2 aromatic rings. The molecule has 0 radical (unpaired) electrons. The lowest BCUT2D eigenvalue weighted by Crippen LogP contribution is -2.13. The molecule has 0 aromatic heterocycles. The first-order chi connectivity index (χ1) is 9.95. The maximum absolute atomic E-state index is 12.2. The second-order valence-electron chi connectivity index (χ2n) is 4.32. The van der Waals surface area contributed by atoms with Gasteiger partial charge in [-0.2, -0.15) is 8.78 Å². The second-order valence-corrected chi connectivity index (χ2v) is 5.24. The van der Waals surface area contributed by atoms with E-state index in [1.807, 2.05) is 19.1 Å². The second kappa shape index (κ2) is 6.67. The van der Waals surface area contributed by atoms with Crippen LogP contribution in [0.1, 0.15) is 15.9 Å². The van der Waals surface area contributed by atoms with Crippen molar-refractivity contribution in [1.82, 2.24) is 0 Å². The van der Waals surface area contributed by atoms with E-state index in [2.05, 4.69) is 26.0 Å². The van der Waals surface area contributed by atoms with E-state index in [1.165, 1.54) is 18.2 Å². The molecule has 1 N–H and O–H groups in total. The van der Waals surface area contributed by atoms with E-state index < -0.39 is 6.61 Å². The molecule has 0 aliphatic heterocycles. The standard InChI is InChI=1S/C15H12BrF2NO2/c1-9-5-6-10(16)7-13(9)14(20)19-11-3-2-4-12(8-11)21-15(17)18/h2-8,15H,1H3,(H,19,20). The molecule has 0 bridgehead atoms. The van der Waals surface area contributed by atoms with Gasteiger partial charge in [0, 0.05) is 21.8 Å². The van der Waals surface area contributed by atoms with Gasteiger partial charge in [-0.1, -0.05) is 28.1 Å². The Hall–Kier alpha value is -1.95. The first-order valence-corrected chi connectivity index (χ1v) is 6.87. The molecule has 0 unspecified atom stereocenters. The molecule has 6 heteroatoms. The number of halogens is 3. The van der Waals surface area contributed by atoms with Gasteiger partial charge in [-0.3, -0.25) is 4.79 Å². The van der Waals surface area contributed by atoms with E-state index in [0.29, 0.717) is 11.3 Å². The van der Waals surface area contributed by atoms with Crippen molar-refractivity contribution < 1.29 is 18.3 Å². The normalized spacial score (nSPS) is 10.5. The lowest BCUT2D eigenvalue weighted by Gasteiger charge is -2.10. The Morgan fingerprint density at radius 2 is 2.00 bits per heavy atom. The summed E-state index contributed by atoms with van der Waals surface area (Å²) in [6.45, 7) is -1.08. The number of anilines is 1. The topological polar surface area (TPSA) is 38.3 Å². The van der Waals surface area contributed by atoms with Gasteiger partial charge in [0.1, 0.15) is 5.75 Å². The molecule has 0 saturated carbocycles. The minimum atomic E-state index is -2.90. The highest BCUT2D eigenvalue weighted by atomic mass is 79.9. The molecule has 110 valence electrons. The zero-order chi connectivity index (χ0) is 15.4. The SMILES string of the molecule is Cc1ccc(Br)cc1C(=O)Nc1cccc(OC(F)F)c1. The molecule has 2 aromatic carbocycles. The summed E-state index contributed by atoms with van der Waals surface area (Å²) in [6, 6.07) is 11.2. The lowest BCUT2D eigenvalue weighted by molar-refractivity contribution is -0.0497. The van der Waals surface area contributed by atoms with Crippen LogP contribution in [-0.4, -0.2) is 12.5 Å². The Kier molecular flexibility index (Phi) is 4.90. The highest BCUT2D eigenvalue weighted by Gasteiger charge is 2.11. The van der Waals surface area contributed by atoms with E-state index in [4.69, 9.17) is 0 Å². The van der Waals surface area contributed by atoms with Crippen LogP contribution < -0.4 is 10.1 Å². The van der Waals surface area contributed by atoms with Crippen molar-refractivity contribution in [2.45, 2.75) is 13.5 Å². The molecular formula is C15H12BrF2NO2. The molecular weight excluding hydrogens is 344 g/mol. The third kappa shape index (κ3) is 4.26. The van der Waals surface area contributed by atoms with Gasteiger partial charge in [0.15, 0.2) is 0 Å². The molecule has 0 aliphatic rings. The summed E-state index contributed by atoms with van der Waals surface area (Å²) in [5.41, 5.74) is 1.71. The minimum Gasteiger partial charge on any atom is -0.435 e. The average molecular weight is 356 g/mol. The smallest absolute Gasteiger partial charge is 0.387 e. The van der Waals surface area contributed by atoms with E-state index in [9.17, 15) is 13.6 Å². The number of carbonyl (C=O) groups is 1. The number of alkyl halides is 2. The van der Waals surface area contributed by atoms with E-state index in [-0.39, 0.29) is 11.7 Å². The quantitative estimate of drug-likeness (QED) is 0.869. The van der Waals surface area contributed by atoms with Crippen molar-refractivity contribution in [2.75, 3.05) is 5.32 Å². The number of carbonyl (C=O) groups excluding carboxylic acids is 1. The average Bonchev–Trinajstić information content (AvgIpc) is 2.41. The van der Waals surface area contributed by atoms with Crippen molar-refractivity contribution in [2.24, 2.45) is 0 Å². The number of ether oxygens (including phenoxy) is 1. The summed E-state index contributed by atoms with van der Waals surface area (Å²) in [5.74, 6) is -0.322. The zero-order valence-electron chi connectivity index (χ0n) is 11.1. The van der Waals surface area contributed by atoms with Crippen LogP contribution >= 0.6 is 15.9 Å². The molecule has 0 aliphatic carbocycles. The van der Waals surface area contributed by atoms with Crippen LogP contribution in [0, 0.1) is 6.92 Å². The first-order valence-electron chi connectivity index (χ1n) is 6.08. The Balaban J connectivity index is 2.17. The number of amides is 1. The van der Waals surface area contributed by atoms with Gasteiger partial charge in [-0.15, -0.1) is 0 Å². The van der Waals surface area contributed by atoms with Gasteiger partial charge in [-0.05, 0) is 36.8 Å². The summed E-state index contributed by atoms with van der Waals surface area (Å²) in [4.78, 5) is 12.2. The van der Waals surface area contributed by atoms with Crippen molar-refractivity contribution in [3.05, 3.63) is 58.1 Å². The molecule has 0 fully saturated rings. The van der Waals surface area contributed by atoms with Crippen LogP contribution in [-0.2, 0) is 0 Å². The van der Waals surface area contributed by atoms with Crippen molar-refractivity contribution in [3.63, 3.8) is 0 Å². The van der Waals surface area contributed by atoms with E-state index in [0.717, 1.165) is 10.0 Å². The Bertz CT molecular complexity index is 662. The molecule has 0 atom stereocenters. The molecule has 21 heavy (non-hydrogen) atoms. The van der Waals surface area contributed by atoms with Gasteiger partial charge in [0.2, 0.25) is 0 Å². The molecule has 2 rings (SSSR count). The van der Waals surface area contributed by atoms with Crippen molar-refractivity contribution >= 4 is 27.5 Å². The van der Waals surface area contributed by atoms with Crippen molar-refractivity contribution in [3.8, 4) is 5.75 Å². The Morgan fingerprint density at radius 3 is 2.71 bits per heavy atom. The van der Waals surface area contributed by atoms with Crippen LogP contribution in [0.2, 0.25) is 0 Å². The van der Waals surface area contributed by atoms with E-state index in [1.54, 1.807) is 12.1 Å². The van der Waals surface area contributed by atoms with Gasteiger partial charge in [0.25, 0.3) is 5.91 Å². The van der Waals surface area contributed by atoms with Crippen LogP contribution in [0.5, 0.6) is 5.75 Å². The third-order valence-electron chi connectivity index (χ3n) is 2.76. The third-order valence-corrected chi connectivity index (χ3v) is 3.25. The fourth-order valence-corrected chi connectivity index (χ4v) is 2.15. The number of nitrogens with one attached hydrogen (secondary N) is 1. The number of hydrogen-bond donors (Lipinski definition) is 1. The van der Waals surface area contributed by atoms with E-state index >= 15 is 0 Å². The number of rotatable bonds is 4. The fraction of sp³-hybridized carbons (Fsp3) is 0.133. The van der Waals surface area contributed by atoms with Gasteiger partial charge >= 0.3 is 6.61 Å². The first kappa shape index (κ1) is 15.4. The predicted molar refractivity (Wildman–Crippen MR) is 79.9 cm³/mol. The van der Waals surface area contributed by atoms with Gasteiger partial charge < -0.3 is 10.1 Å². The maximum atomic E-state index is 12.2. The van der Waals surface area contributed by atoms with Crippen LogP contribution in [0.4, 0.5) is 14.5 Å². The van der Waals surface area contributed by atoms with Crippen LogP contribution in [0.25, 0.3) is 0 Å². The number of hydrogen-bond acceptors (Lipinski definition) is 2. The predicted octanol–water partition coefficient (Wildman–Crippen LogP) is 4.61. The summed E-state index contributed by atoms with van der Waals surface area (Å²) >= 11 is 3.31. The number of benzene rings is 2. The van der Waals surface area contributed by atoms with Crippen molar-refractivity contribution in [1.29, 1.82) is 0 Å². The summed E-state index contributed by atoms with van der Waals surface area (Å²) in [5, 5.41) is 2.66. The lowest BCUT2D eigenvalue weighted by atomic mass is 10.1. The van der Waals surface area contributed by atoms with Gasteiger partial charge in [0.05, 0.1) is 0 Å².